The van der Waals surface area contributed by atoms with Crippen molar-refractivity contribution in [3.63, 3.8) is 0 Å². The highest BCUT2D eigenvalue weighted by molar-refractivity contribution is 14.0. The maximum absolute atomic E-state index is 13.0. The van der Waals surface area contributed by atoms with Gasteiger partial charge in [0.25, 0.3) is 0 Å². The Bertz CT molecular complexity index is 864. The van der Waals surface area contributed by atoms with Crippen molar-refractivity contribution in [3.8, 4) is 5.69 Å². The molecule has 0 atom stereocenters. The number of pyridine rings is 1. The maximum atomic E-state index is 13.0. The van der Waals surface area contributed by atoms with Crippen molar-refractivity contribution in [1.29, 1.82) is 0 Å². The standard InChI is InChI=1S/C20H23FN6.HI/c1-22-20(24-13-9-17-4-2-3-12-23-17)25-14-10-18-11-15-27(26-18)19-7-5-16(21)6-8-19;/h2-8,11-12,15H,9-10,13-14H2,1H3,(H2,22,24,25);1H. The zero-order valence-electron chi connectivity index (χ0n) is 15.7. The molecule has 0 saturated carbocycles. The molecule has 1 aromatic carbocycles. The van der Waals surface area contributed by atoms with Crippen LogP contribution in [0.15, 0.2) is 65.9 Å². The fourth-order valence-corrected chi connectivity index (χ4v) is 2.62. The van der Waals surface area contributed by atoms with E-state index in [1.807, 2.05) is 30.5 Å². The van der Waals surface area contributed by atoms with Gasteiger partial charge in [-0.05, 0) is 42.5 Å². The van der Waals surface area contributed by atoms with Gasteiger partial charge in [0, 0.05) is 51.1 Å². The Labute approximate surface area is 181 Å². The zero-order chi connectivity index (χ0) is 18.9. The number of hydrogen-bond acceptors (Lipinski definition) is 3. The van der Waals surface area contributed by atoms with E-state index in [4.69, 9.17) is 0 Å². The van der Waals surface area contributed by atoms with Crippen molar-refractivity contribution in [1.82, 2.24) is 25.4 Å². The fourth-order valence-electron chi connectivity index (χ4n) is 2.62. The summed E-state index contributed by atoms with van der Waals surface area (Å²) in [6.45, 7) is 1.47. The van der Waals surface area contributed by atoms with Crippen molar-refractivity contribution in [2.24, 2.45) is 4.99 Å². The van der Waals surface area contributed by atoms with E-state index in [9.17, 15) is 4.39 Å². The monoisotopic (exact) mass is 494 g/mol. The van der Waals surface area contributed by atoms with Gasteiger partial charge in [-0.3, -0.25) is 9.98 Å². The second-order valence-electron chi connectivity index (χ2n) is 5.97. The number of nitrogens with one attached hydrogen (secondary N) is 2. The summed E-state index contributed by atoms with van der Waals surface area (Å²) in [6.07, 6.45) is 5.27. The molecule has 8 heteroatoms. The lowest BCUT2D eigenvalue weighted by molar-refractivity contribution is 0.627. The molecule has 0 unspecified atom stereocenters. The van der Waals surface area contributed by atoms with Crippen LogP contribution >= 0.6 is 24.0 Å². The van der Waals surface area contributed by atoms with E-state index in [0.717, 1.165) is 42.4 Å². The Hall–Kier alpha value is -2.49. The predicted octanol–water partition coefficient (Wildman–Crippen LogP) is 2.97. The SMILES string of the molecule is CN=C(NCCc1ccccn1)NCCc1ccn(-c2ccc(F)cc2)n1.I. The van der Waals surface area contributed by atoms with Crippen molar-refractivity contribution in [3.05, 3.63) is 78.1 Å². The number of nitrogens with zero attached hydrogens (tertiary/aromatic N) is 4. The third-order valence-corrected chi connectivity index (χ3v) is 4.03. The molecule has 0 bridgehead atoms. The lowest BCUT2D eigenvalue weighted by Crippen LogP contribution is -2.39. The third kappa shape index (κ3) is 6.59. The third-order valence-electron chi connectivity index (χ3n) is 4.03. The van der Waals surface area contributed by atoms with Crippen LogP contribution in [0.25, 0.3) is 5.69 Å². The van der Waals surface area contributed by atoms with Gasteiger partial charge in [0.15, 0.2) is 5.96 Å². The minimum absolute atomic E-state index is 0. The highest BCUT2D eigenvalue weighted by atomic mass is 127. The maximum Gasteiger partial charge on any atom is 0.191 e. The van der Waals surface area contributed by atoms with Gasteiger partial charge in [-0.15, -0.1) is 24.0 Å². The fraction of sp³-hybridized carbons (Fsp3) is 0.250. The van der Waals surface area contributed by atoms with Gasteiger partial charge in [-0.2, -0.15) is 5.10 Å². The average molecular weight is 494 g/mol. The molecule has 0 radical (unpaired) electrons. The molecule has 28 heavy (non-hydrogen) atoms. The highest BCUT2D eigenvalue weighted by Gasteiger charge is 2.03. The van der Waals surface area contributed by atoms with Crippen LogP contribution in [0.5, 0.6) is 0 Å². The van der Waals surface area contributed by atoms with Crippen LogP contribution in [0.3, 0.4) is 0 Å². The summed E-state index contributed by atoms with van der Waals surface area (Å²) >= 11 is 0. The number of benzene rings is 1. The number of aliphatic imine (C=N–C) groups is 1. The van der Waals surface area contributed by atoms with E-state index in [2.05, 4.69) is 25.7 Å². The van der Waals surface area contributed by atoms with Gasteiger partial charge in [-0.1, -0.05) is 6.07 Å². The molecule has 3 rings (SSSR count). The van der Waals surface area contributed by atoms with Crippen molar-refractivity contribution >= 4 is 29.9 Å². The second-order valence-corrected chi connectivity index (χ2v) is 5.97. The predicted molar refractivity (Wildman–Crippen MR) is 120 cm³/mol. The summed E-state index contributed by atoms with van der Waals surface area (Å²) < 4.78 is 14.8. The first kappa shape index (κ1) is 21.8. The van der Waals surface area contributed by atoms with Gasteiger partial charge < -0.3 is 10.6 Å². The van der Waals surface area contributed by atoms with E-state index in [-0.39, 0.29) is 29.8 Å². The van der Waals surface area contributed by atoms with E-state index in [0.29, 0.717) is 6.54 Å². The quantitative estimate of drug-likeness (QED) is 0.301. The molecule has 0 aliphatic rings. The summed E-state index contributed by atoms with van der Waals surface area (Å²) in [7, 11) is 1.75. The first-order valence-corrected chi connectivity index (χ1v) is 8.89. The molecule has 3 aromatic rings. The lowest BCUT2D eigenvalue weighted by atomic mass is 10.3. The summed E-state index contributed by atoms with van der Waals surface area (Å²) in [4.78, 5) is 8.53. The van der Waals surface area contributed by atoms with Crippen LogP contribution in [-0.2, 0) is 12.8 Å². The van der Waals surface area contributed by atoms with Crippen LogP contribution in [0.4, 0.5) is 4.39 Å². The molecule has 2 N–H and O–H groups in total. The summed E-state index contributed by atoms with van der Waals surface area (Å²) in [6, 6.07) is 14.1. The Balaban J connectivity index is 0.00000280. The number of guanidine groups is 1. The number of rotatable bonds is 7. The first-order chi connectivity index (χ1) is 13.2. The second kappa shape index (κ2) is 11.4. The Morgan fingerprint density at radius 1 is 1.00 bits per heavy atom. The van der Waals surface area contributed by atoms with Gasteiger partial charge in [0.05, 0.1) is 11.4 Å². The van der Waals surface area contributed by atoms with Gasteiger partial charge in [-0.25, -0.2) is 9.07 Å². The number of aromatic nitrogens is 3. The molecular weight excluding hydrogens is 470 g/mol. The molecule has 2 heterocycles. The molecule has 6 nitrogen and oxygen atoms in total. The van der Waals surface area contributed by atoms with Crippen LogP contribution < -0.4 is 10.6 Å². The van der Waals surface area contributed by atoms with Gasteiger partial charge >= 0.3 is 0 Å². The minimum atomic E-state index is -0.253. The van der Waals surface area contributed by atoms with Crippen molar-refractivity contribution in [2.75, 3.05) is 20.1 Å². The molecule has 0 aliphatic carbocycles. The van der Waals surface area contributed by atoms with E-state index in [1.165, 1.54) is 12.1 Å². The van der Waals surface area contributed by atoms with Crippen LogP contribution in [0, 0.1) is 5.82 Å². The molecule has 0 amide bonds. The summed E-state index contributed by atoms with van der Waals surface area (Å²) in [5.74, 6) is 0.501. The number of halogens is 2. The topological polar surface area (TPSA) is 67.1 Å². The summed E-state index contributed by atoms with van der Waals surface area (Å²) in [5, 5.41) is 11.1. The molecule has 0 saturated heterocycles. The van der Waals surface area contributed by atoms with Gasteiger partial charge in [0.2, 0.25) is 0 Å². The molecular formula is C20H24FIN6. The molecule has 148 valence electrons. The van der Waals surface area contributed by atoms with E-state index < -0.39 is 0 Å². The Morgan fingerprint density at radius 2 is 1.71 bits per heavy atom. The molecule has 0 spiro atoms. The van der Waals surface area contributed by atoms with Gasteiger partial charge in [0.1, 0.15) is 5.82 Å². The lowest BCUT2D eigenvalue weighted by Gasteiger charge is -2.11. The highest BCUT2D eigenvalue weighted by Crippen LogP contribution is 2.09. The first-order valence-electron chi connectivity index (χ1n) is 8.89. The zero-order valence-corrected chi connectivity index (χ0v) is 18.0. The van der Waals surface area contributed by atoms with Crippen molar-refractivity contribution < 1.29 is 4.39 Å². The number of hydrogen-bond donors (Lipinski definition) is 2. The van der Waals surface area contributed by atoms with Crippen LogP contribution in [0.1, 0.15) is 11.4 Å². The smallest absolute Gasteiger partial charge is 0.191 e. The van der Waals surface area contributed by atoms with E-state index in [1.54, 1.807) is 30.1 Å². The Morgan fingerprint density at radius 3 is 2.36 bits per heavy atom. The normalized spacial score (nSPS) is 11.0. The minimum Gasteiger partial charge on any atom is -0.356 e. The molecule has 0 aliphatic heterocycles. The molecule has 0 fully saturated rings. The molecule has 2 aromatic heterocycles. The van der Waals surface area contributed by atoms with Crippen molar-refractivity contribution in [2.45, 2.75) is 12.8 Å². The Kier molecular flexibility index (Phi) is 8.86. The largest absolute Gasteiger partial charge is 0.356 e. The van der Waals surface area contributed by atoms with E-state index >= 15 is 0 Å². The average Bonchev–Trinajstić information content (AvgIpc) is 3.17. The van der Waals surface area contributed by atoms with Crippen LogP contribution in [-0.4, -0.2) is 40.9 Å². The summed E-state index contributed by atoms with van der Waals surface area (Å²) in [5.41, 5.74) is 2.84. The van der Waals surface area contributed by atoms with Crippen LogP contribution in [0.2, 0.25) is 0 Å².